The van der Waals surface area contributed by atoms with Gasteiger partial charge in [-0.3, -0.25) is 4.79 Å². The number of likely N-dealkylation sites (N-methyl/N-ethyl adjacent to an activating group) is 1. The van der Waals surface area contributed by atoms with E-state index in [1.165, 1.54) is 17.7 Å². The van der Waals surface area contributed by atoms with E-state index in [0.29, 0.717) is 12.6 Å². The lowest BCUT2D eigenvalue weighted by Crippen LogP contribution is -2.37. The molecular weight excluding hydrogens is 300 g/mol. The summed E-state index contributed by atoms with van der Waals surface area (Å²) in [4.78, 5) is 17.0. The fourth-order valence-electron chi connectivity index (χ4n) is 3.64. The summed E-state index contributed by atoms with van der Waals surface area (Å²) in [5, 5.41) is 6.39. The second kappa shape index (κ2) is 7.99. The minimum Gasteiger partial charge on any atom is -0.370 e. The molecule has 2 aliphatic heterocycles. The largest absolute Gasteiger partial charge is 0.370 e. The van der Waals surface area contributed by atoms with Gasteiger partial charge >= 0.3 is 0 Å². The Labute approximate surface area is 145 Å². The van der Waals surface area contributed by atoms with Crippen LogP contribution in [0.3, 0.4) is 0 Å². The molecule has 0 saturated carbocycles. The van der Waals surface area contributed by atoms with Gasteiger partial charge in [0, 0.05) is 37.3 Å². The van der Waals surface area contributed by atoms with E-state index in [0.717, 1.165) is 39.0 Å². The lowest BCUT2D eigenvalue weighted by Gasteiger charge is -2.22. The topological polar surface area (TPSA) is 47.6 Å². The third kappa shape index (κ3) is 4.28. The summed E-state index contributed by atoms with van der Waals surface area (Å²) >= 11 is 0. The lowest BCUT2D eigenvalue weighted by molar-refractivity contribution is -0.125. The van der Waals surface area contributed by atoms with Crippen molar-refractivity contribution in [2.75, 3.05) is 45.2 Å². The SMILES string of the molecule is CN(C)C1CCN(c2ccc(CNC(=O)C3CCNCC3)cc2)C1. The van der Waals surface area contributed by atoms with Crippen molar-refractivity contribution in [3.05, 3.63) is 29.8 Å². The van der Waals surface area contributed by atoms with Crippen molar-refractivity contribution in [3.63, 3.8) is 0 Å². The van der Waals surface area contributed by atoms with E-state index in [-0.39, 0.29) is 11.8 Å². The van der Waals surface area contributed by atoms with Gasteiger partial charge in [0.15, 0.2) is 0 Å². The van der Waals surface area contributed by atoms with Crippen LogP contribution in [0.5, 0.6) is 0 Å². The van der Waals surface area contributed by atoms with Crippen LogP contribution in [-0.4, -0.2) is 57.1 Å². The van der Waals surface area contributed by atoms with Crippen LogP contribution >= 0.6 is 0 Å². The van der Waals surface area contributed by atoms with Gasteiger partial charge in [0.2, 0.25) is 5.91 Å². The number of amides is 1. The molecule has 2 aliphatic rings. The number of carbonyl (C=O) groups is 1. The maximum absolute atomic E-state index is 12.2. The van der Waals surface area contributed by atoms with E-state index in [9.17, 15) is 4.79 Å². The molecule has 5 heteroatoms. The molecule has 2 saturated heterocycles. The average Bonchev–Trinajstić information content (AvgIpc) is 3.11. The Balaban J connectivity index is 1.49. The van der Waals surface area contributed by atoms with E-state index in [1.54, 1.807) is 0 Å². The van der Waals surface area contributed by atoms with E-state index < -0.39 is 0 Å². The Morgan fingerprint density at radius 2 is 1.92 bits per heavy atom. The summed E-state index contributed by atoms with van der Waals surface area (Å²) in [5.41, 5.74) is 2.46. The van der Waals surface area contributed by atoms with Crippen molar-refractivity contribution < 1.29 is 4.79 Å². The summed E-state index contributed by atoms with van der Waals surface area (Å²) in [5.74, 6) is 0.382. The molecule has 0 radical (unpaired) electrons. The number of nitrogens with zero attached hydrogens (tertiary/aromatic N) is 2. The van der Waals surface area contributed by atoms with Gasteiger partial charge in [0.05, 0.1) is 0 Å². The molecular formula is C19H30N4O. The van der Waals surface area contributed by atoms with Crippen molar-refractivity contribution in [2.45, 2.75) is 31.8 Å². The molecule has 0 aliphatic carbocycles. The number of hydrogen-bond acceptors (Lipinski definition) is 4. The fraction of sp³-hybridized carbons (Fsp3) is 0.632. The highest BCUT2D eigenvalue weighted by atomic mass is 16.1. The molecule has 2 heterocycles. The van der Waals surface area contributed by atoms with Gasteiger partial charge in [0.1, 0.15) is 0 Å². The number of carbonyl (C=O) groups excluding carboxylic acids is 1. The van der Waals surface area contributed by atoms with Gasteiger partial charge in [-0.1, -0.05) is 12.1 Å². The monoisotopic (exact) mass is 330 g/mol. The third-order valence-corrected chi connectivity index (χ3v) is 5.37. The normalized spacial score (nSPS) is 22.1. The molecule has 0 spiro atoms. The quantitative estimate of drug-likeness (QED) is 0.858. The number of piperidine rings is 1. The zero-order valence-corrected chi connectivity index (χ0v) is 14.9. The van der Waals surface area contributed by atoms with Crippen LogP contribution in [0, 0.1) is 5.92 Å². The first-order valence-electron chi connectivity index (χ1n) is 9.12. The van der Waals surface area contributed by atoms with E-state index in [2.05, 4.69) is 58.8 Å². The molecule has 1 aromatic rings. The molecule has 0 aromatic heterocycles. The molecule has 2 fully saturated rings. The Morgan fingerprint density at radius 3 is 2.54 bits per heavy atom. The fourth-order valence-corrected chi connectivity index (χ4v) is 3.64. The van der Waals surface area contributed by atoms with Crippen molar-refractivity contribution in [1.82, 2.24) is 15.5 Å². The molecule has 5 nitrogen and oxygen atoms in total. The number of nitrogens with one attached hydrogen (secondary N) is 2. The highest BCUT2D eigenvalue weighted by molar-refractivity contribution is 5.78. The molecule has 1 aromatic carbocycles. The van der Waals surface area contributed by atoms with Crippen molar-refractivity contribution in [3.8, 4) is 0 Å². The van der Waals surface area contributed by atoms with Crippen molar-refractivity contribution in [1.29, 1.82) is 0 Å². The van der Waals surface area contributed by atoms with Crippen LogP contribution < -0.4 is 15.5 Å². The summed E-state index contributed by atoms with van der Waals surface area (Å²) in [7, 11) is 4.31. The summed E-state index contributed by atoms with van der Waals surface area (Å²) in [6, 6.07) is 9.30. The summed E-state index contributed by atoms with van der Waals surface area (Å²) < 4.78 is 0. The number of rotatable bonds is 5. The molecule has 1 unspecified atom stereocenters. The second-order valence-electron chi connectivity index (χ2n) is 7.26. The van der Waals surface area contributed by atoms with Gasteiger partial charge < -0.3 is 20.4 Å². The molecule has 1 atom stereocenters. The van der Waals surface area contributed by atoms with Crippen molar-refractivity contribution >= 4 is 11.6 Å². The zero-order valence-electron chi connectivity index (χ0n) is 14.9. The predicted octanol–water partition coefficient (Wildman–Crippen LogP) is 1.44. The Bertz CT molecular complexity index is 537. The minimum atomic E-state index is 0.179. The molecule has 1 amide bonds. The van der Waals surface area contributed by atoms with E-state index in [4.69, 9.17) is 0 Å². The highest BCUT2D eigenvalue weighted by Crippen LogP contribution is 2.22. The van der Waals surface area contributed by atoms with E-state index >= 15 is 0 Å². The third-order valence-electron chi connectivity index (χ3n) is 5.37. The first-order valence-corrected chi connectivity index (χ1v) is 9.12. The van der Waals surface area contributed by atoms with Crippen molar-refractivity contribution in [2.24, 2.45) is 5.92 Å². The molecule has 2 N–H and O–H groups in total. The van der Waals surface area contributed by atoms with Crippen LogP contribution in [-0.2, 0) is 11.3 Å². The van der Waals surface area contributed by atoms with Crippen LogP contribution in [0.15, 0.2) is 24.3 Å². The average molecular weight is 330 g/mol. The zero-order chi connectivity index (χ0) is 16.9. The highest BCUT2D eigenvalue weighted by Gasteiger charge is 2.24. The van der Waals surface area contributed by atoms with Gasteiger partial charge in [0.25, 0.3) is 0 Å². The molecule has 24 heavy (non-hydrogen) atoms. The standard InChI is InChI=1S/C19H30N4O/c1-22(2)18-9-12-23(14-18)17-5-3-15(4-6-17)13-21-19(24)16-7-10-20-11-8-16/h3-6,16,18,20H,7-14H2,1-2H3,(H,21,24). The molecule has 3 rings (SSSR count). The van der Waals surface area contributed by atoms with E-state index in [1.807, 2.05) is 0 Å². The Kier molecular flexibility index (Phi) is 5.74. The summed E-state index contributed by atoms with van der Waals surface area (Å²) in [6.45, 7) is 4.75. The first kappa shape index (κ1) is 17.2. The Hall–Kier alpha value is -1.59. The van der Waals surface area contributed by atoms with Gasteiger partial charge in [-0.05, 0) is 64.1 Å². The minimum absolute atomic E-state index is 0.179. The van der Waals surface area contributed by atoms with Crippen LogP contribution in [0.1, 0.15) is 24.8 Å². The lowest BCUT2D eigenvalue weighted by atomic mass is 9.97. The molecule has 0 bridgehead atoms. The number of anilines is 1. The predicted molar refractivity (Wildman–Crippen MR) is 98.2 cm³/mol. The van der Waals surface area contributed by atoms with Gasteiger partial charge in [-0.2, -0.15) is 0 Å². The first-order chi connectivity index (χ1) is 11.6. The van der Waals surface area contributed by atoms with Crippen LogP contribution in [0.4, 0.5) is 5.69 Å². The van der Waals surface area contributed by atoms with Gasteiger partial charge in [-0.25, -0.2) is 0 Å². The number of hydrogen-bond donors (Lipinski definition) is 2. The van der Waals surface area contributed by atoms with Gasteiger partial charge in [-0.15, -0.1) is 0 Å². The van der Waals surface area contributed by atoms with Crippen LogP contribution in [0.25, 0.3) is 0 Å². The summed E-state index contributed by atoms with van der Waals surface area (Å²) in [6.07, 6.45) is 3.13. The smallest absolute Gasteiger partial charge is 0.223 e. The maximum Gasteiger partial charge on any atom is 0.223 e. The number of benzene rings is 1. The van der Waals surface area contributed by atoms with Crippen LogP contribution in [0.2, 0.25) is 0 Å². The second-order valence-corrected chi connectivity index (χ2v) is 7.26. The molecule has 132 valence electrons. The maximum atomic E-state index is 12.2. The Morgan fingerprint density at radius 1 is 1.21 bits per heavy atom.